The standard InChI is InChI=1S/C24H35N3O2.HI/c1-25-24(26-15-9-10-16-29-18-17-28-2)27-20-23(22-13-7-4-8-14-22)19-21-11-5-3-6-12-21;/h3-8,11-14,23H,9-10,15-20H2,1-2H3,(H2,25,26,27);1H. The number of guanidine groups is 1. The summed E-state index contributed by atoms with van der Waals surface area (Å²) < 4.78 is 10.5. The Labute approximate surface area is 198 Å². The van der Waals surface area contributed by atoms with Crippen molar-refractivity contribution in [1.82, 2.24) is 10.6 Å². The Hall–Kier alpha value is -1.64. The Morgan fingerprint density at radius 3 is 2.27 bits per heavy atom. The van der Waals surface area contributed by atoms with Crippen LogP contribution in [-0.2, 0) is 15.9 Å². The lowest BCUT2D eigenvalue weighted by Gasteiger charge is -2.20. The van der Waals surface area contributed by atoms with Crippen LogP contribution in [0.2, 0.25) is 0 Å². The van der Waals surface area contributed by atoms with E-state index in [1.54, 1.807) is 7.11 Å². The molecule has 6 heteroatoms. The maximum atomic E-state index is 5.49. The molecule has 0 radical (unpaired) electrons. The van der Waals surface area contributed by atoms with Crippen LogP contribution < -0.4 is 10.6 Å². The van der Waals surface area contributed by atoms with Gasteiger partial charge in [-0.05, 0) is 30.4 Å². The average Bonchev–Trinajstić information content (AvgIpc) is 2.78. The van der Waals surface area contributed by atoms with E-state index in [0.717, 1.165) is 44.9 Å². The van der Waals surface area contributed by atoms with Gasteiger partial charge in [0, 0.05) is 39.8 Å². The molecule has 2 aromatic rings. The minimum atomic E-state index is 0. The van der Waals surface area contributed by atoms with Crippen LogP contribution >= 0.6 is 24.0 Å². The van der Waals surface area contributed by atoms with Crippen molar-refractivity contribution < 1.29 is 9.47 Å². The van der Waals surface area contributed by atoms with Gasteiger partial charge in [0.2, 0.25) is 0 Å². The number of benzene rings is 2. The Balaban J connectivity index is 0.00000450. The van der Waals surface area contributed by atoms with E-state index in [-0.39, 0.29) is 24.0 Å². The lowest BCUT2D eigenvalue weighted by atomic mass is 9.92. The Morgan fingerprint density at radius 2 is 1.60 bits per heavy atom. The van der Waals surface area contributed by atoms with Gasteiger partial charge in [0.05, 0.1) is 13.2 Å². The molecule has 2 N–H and O–H groups in total. The van der Waals surface area contributed by atoms with Gasteiger partial charge in [0.15, 0.2) is 5.96 Å². The number of unbranched alkanes of at least 4 members (excludes halogenated alkanes) is 1. The number of nitrogens with zero attached hydrogens (tertiary/aromatic N) is 1. The van der Waals surface area contributed by atoms with Crippen LogP contribution in [0.1, 0.15) is 29.9 Å². The van der Waals surface area contributed by atoms with Crippen molar-refractivity contribution in [1.29, 1.82) is 0 Å². The van der Waals surface area contributed by atoms with E-state index in [2.05, 4.69) is 76.3 Å². The van der Waals surface area contributed by atoms with E-state index in [9.17, 15) is 0 Å². The summed E-state index contributed by atoms with van der Waals surface area (Å²) in [6, 6.07) is 21.3. The number of hydrogen-bond acceptors (Lipinski definition) is 3. The maximum absolute atomic E-state index is 5.49. The smallest absolute Gasteiger partial charge is 0.190 e. The summed E-state index contributed by atoms with van der Waals surface area (Å²) in [4.78, 5) is 4.37. The van der Waals surface area contributed by atoms with Crippen LogP contribution in [0.5, 0.6) is 0 Å². The molecule has 0 aromatic heterocycles. The molecule has 166 valence electrons. The number of aliphatic imine (C=N–C) groups is 1. The van der Waals surface area contributed by atoms with E-state index in [0.29, 0.717) is 19.1 Å². The number of methoxy groups -OCH3 is 1. The number of halogens is 1. The molecule has 1 atom stereocenters. The maximum Gasteiger partial charge on any atom is 0.190 e. The highest BCUT2D eigenvalue weighted by molar-refractivity contribution is 14.0. The third kappa shape index (κ3) is 10.9. The number of nitrogens with one attached hydrogen (secondary N) is 2. The first-order valence-electron chi connectivity index (χ1n) is 10.4. The predicted octanol–water partition coefficient (Wildman–Crippen LogP) is 4.24. The molecule has 0 saturated carbocycles. The third-order valence-electron chi connectivity index (χ3n) is 4.78. The van der Waals surface area contributed by atoms with E-state index < -0.39 is 0 Å². The monoisotopic (exact) mass is 525 g/mol. The molecule has 0 aliphatic rings. The molecular weight excluding hydrogens is 489 g/mol. The zero-order valence-corrected chi connectivity index (χ0v) is 20.5. The van der Waals surface area contributed by atoms with Gasteiger partial charge >= 0.3 is 0 Å². The molecule has 0 fully saturated rings. The minimum Gasteiger partial charge on any atom is -0.382 e. The molecular formula is C24H36IN3O2. The summed E-state index contributed by atoms with van der Waals surface area (Å²) in [7, 11) is 3.51. The first kappa shape index (κ1) is 26.4. The second-order valence-corrected chi connectivity index (χ2v) is 6.99. The molecule has 0 aliphatic carbocycles. The van der Waals surface area contributed by atoms with Crippen molar-refractivity contribution in [2.75, 3.05) is 47.1 Å². The molecule has 1 unspecified atom stereocenters. The first-order valence-corrected chi connectivity index (χ1v) is 10.4. The highest BCUT2D eigenvalue weighted by Gasteiger charge is 2.13. The summed E-state index contributed by atoms with van der Waals surface area (Å²) in [5, 5.41) is 6.90. The van der Waals surface area contributed by atoms with Crippen molar-refractivity contribution in [3.63, 3.8) is 0 Å². The summed E-state index contributed by atoms with van der Waals surface area (Å²) in [6.07, 6.45) is 3.06. The van der Waals surface area contributed by atoms with Crippen molar-refractivity contribution >= 4 is 29.9 Å². The van der Waals surface area contributed by atoms with Crippen LogP contribution in [0.4, 0.5) is 0 Å². The zero-order valence-electron chi connectivity index (χ0n) is 18.2. The summed E-state index contributed by atoms with van der Waals surface area (Å²) >= 11 is 0. The minimum absolute atomic E-state index is 0. The van der Waals surface area contributed by atoms with E-state index in [1.165, 1.54) is 11.1 Å². The van der Waals surface area contributed by atoms with Crippen LogP contribution in [0.25, 0.3) is 0 Å². The van der Waals surface area contributed by atoms with Crippen LogP contribution in [0, 0.1) is 0 Å². The van der Waals surface area contributed by atoms with Crippen molar-refractivity contribution in [3.05, 3.63) is 71.8 Å². The molecule has 0 spiro atoms. The van der Waals surface area contributed by atoms with Gasteiger partial charge in [-0.1, -0.05) is 60.7 Å². The van der Waals surface area contributed by atoms with Crippen LogP contribution in [0.3, 0.4) is 0 Å². The van der Waals surface area contributed by atoms with Gasteiger partial charge in [-0.25, -0.2) is 0 Å². The van der Waals surface area contributed by atoms with E-state index in [4.69, 9.17) is 9.47 Å². The molecule has 2 aromatic carbocycles. The fourth-order valence-electron chi connectivity index (χ4n) is 3.15. The van der Waals surface area contributed by atoms with Gasteiger partial charge in [-0.3, -0.25) is 4.99 Å². The Kier molecular flexibility index (Phi) is 15.0. The second kappa shape index (κ2) is 17.1. The Morgan fingerprint density at radius 1 is 0.900 bits per heavy atom. The second-order valence-electron chi connectivity index (χ2n) is 6.99. The average molecular weight is 525 g/mol. The largest absolute Gasteiger partial charge is 0.382 e. The van der Waals surface area contributed by atoms with Gasteiger partial charge in [-0.2, -0.15) is 0 Å². The van der Waals surface area contributed by atoms with Crippen molar-refractivity contribution in [3.8, 4) is 0 Å². The number of hydrogen-bond donors (Lipinski definition) is 2. The topological polar surface area (TPSA) is 54.9 Å². The van der Waals surface area contributed by atoms with Crippen molar-refractivity contribution in [2.45, 2.75) is 25.2 Å². The molecule has 0 saturated heterocycles. The number of ether oxygens (including phenoxy) is 2. The number of rotatable bonds is 13. The highest BCUT2D eigenvalue weighted by atomic mass is 127. The molecule has 0 bridgehead atoms. The van der Waals surface area contributed by atoms with Crippen LogP contribution in [-0.4, -0.2) is 53.0 Å². The van der Waals surface area contributed by atoms with Crippen LogP contribution in [0.15, 0.2) is 65.7 Å². The third-order valence-corrected chi connectivity index (χ3v) is 4.78. The molecule has 0 aliphatic heterocycles. The van der Waals surface area contributed by atoms with E-state index >= 15 is 0 Å². The molecule has 0 amide bonds. The Bertz CT molecular complexity index is 683. The molecule has 0 heterocycles. The van der Waals surface area contributed by atoms with Gasteiger partial charge in [0.25, 0.3) is 0 Å². The quantitative estimate of drug-likeness (QED) is 0.178. The van der Waals surface area contributed by atoms with Crippen molar-refractivity contribution in [2.24, 2.45) is 4.99 Å². The van der Waals surface area contributed by atoms with Gasteiger partial charge in [0.1, 0.15) is 0 Å². The van der Waals surface area contributed by atoms with Gasteiger partial charge < -0.3 is 20.1 Å². The SMILES string of the molecule is CN=C(NCCCCOCCOC)NCC(Cc1ccccc1)c1ccccc1.I. The zero-order chi connectivity index (χ0) is 20.6. The predicted molar refractivity (Wildman–Crippen MR) is 136 cm³/mol. The first-order chi connectivity index (χ1) is 14.3. The van der Waals surface area contributed by atoms with E-state index in [1.807, 2.05) is 7.05 Å². The molecule has 2 rings (SSSR count). The highest BCUT2D eigenvalue weighted by Crippen LogP contribution is 2.20. The molecule has 30 heavy (non-hydrogen) atoms. The fourth-order valence-corrected chi connectivity index (χ4v) is 3.15. The molecule has 5 nitrogen and oxygen atoms in total. The summed E-state index contributed by atoms with van der Waals surface area (Å²) in [5.41, 5.74) is 2.69. The van der Waals surface area contributed by atoms with Gasteiger partial charge in [-0.15, -0.1) is 24.0 Å². The normalized spacial score (nSPS) is 12.1. The summed E-state index contributed by atoms with van der Waals surface area (Å²) in [6.45, 7) is 3.79. The lowest BCUT2D eigenvalue weighted by molar-refractivity contribution is 0.0689. The lowest BCUT2D eigenvalue weighted by Crippen LogP contribution is -2.40. The fraction of sp³-hybridized carbons (Fsp3) is 0.458. The summed E-state index contributed by atoms with van der Waals surface area (Å²) in [5.74, 6) is 1.23.